The molecule has 0 aliphatic carbocycles. The summed E-state index contributed by atoms with van der Waals surface area (Å²) in [6, 6.07) is 11.8. The summed E-state index contributed by atoms with van der Waals surface area (Å²) in [7, 11) is 0. The molecular weight excluding hydrogens is 418 g/mol. The van der Waals surface area contributed by atoms with Crippen LogP contribution in [0.1, 0.15) is 18.5 Å². The summed E-state index contributed by atoms with van der Waals surface area (Å²) in [4.78, 5) is 29.1. The number of nitrogens with one attached hydrogen (secondary N) is 2. The van der Waals surface area contributed by atoms with Crippen molar-refractivity contribution in [2.45, 2.75) is 18.2 Å². The molecule has 0 unspecified atom stereocenters. The van der Waals surface area contributed by atoms with E-state index >= 15 is 0 Å². The molecule has 0 bridgehead atoms. The Kier molecular flexibility index (Phi) is 6.27. The van der Waals surface area contributed by atoms with Crippen LogP contribution >= 0.6 is 11.8 Å². The molecule has 3 aromatic rings. The second-order valence-electron chi connectivity index (χ2n) is 6.46. The van der Waals surface area contributed by atoms with Crippen LogP contribution < -0.4 is 10.6 Å². The minimum Gasteiger partial charge on any atom is -0.463 e. The lowest BCUT2D eigenvalue weighted by Crippen LogP contribution is -2.46. The molecule has 4 rings (SSSR count). The number of hydrogen-bond donors (Lipinski definition) is 2. The zero-order chi connectivity index (χ0) is 21.6. The summed E-state index contributed by atoms with van der Waals surface area (Å²) in [6.45, 7) is 1.95. The summed E-state index contributed by atoms with van der Waals surface area (Å²) in [5.41, 5.74) is 2.25. The van der Waals surface area contributed by atoms with Crippen LogP contribution in [0, 0.1) is 0 Å². The molecule has 31 heavy (non-hydrogen) atoms. The van der Waals surface area contributed by atoms with Crippen LogP contribution in [-0.4, -0.2) is 39.5 Å². The van der Waals surface area contributed by atoms with Gasteiger partial charge in [-0.15, -0.1) is 10.2 Å². The van der Waals surface area contributed by atoms with Crippen molar-refractivity contribution in [2.24, 2.45) is 0 Å². The lowest BCUT2D eigenvalue weighted by atomic mass is 9.95. The van der Waals surface area contributed by atoms with E-state index in [1.807, 2.05) is 36.4 Å². The van der Waals surface area contributed by atoms with Gasteiger partial charge in [0.15, 0.2) is 0 Å². The minimum absolute atomic E-state index is 0.219. The van der Waals surface area contributed by atoms with Gasteiger partial charge in [-0.3, -0.25) is 4.98 Å². The molecule has 2 amide bonds. The van der Waals surface area contributed by atoms with E-state index in [-0.39, 0.29) is 12.4 Å². The predicted molar refractivity (Wildman–Crippen MR) is 113 cm³/mol. The summed E-state index contributed by atoms with van der Waals surface area (Å²) >= 11 is 1.21. The molecule has 0 saturated heterocycles. The summed E-state index contributed by atoms with van der Waals surface area (Å²) in [5.74, 6) is 0.0762. The van der Waals surface area contributed by atoms with E-state index in [1.165, 1.54) is 11.8 Å². The molecular formula is C21H19N5O4S. The molecule has 1 atom stereocenters. The molecule has 2 N–H and O–H groups in total. The number of thioether (sulfide) groups is 1. The van der Waals surface area contributed by atoms with E-state index in [0.29, 0.717) is 27.9 Å². The van der Waals surface area contributed by atoms with E-state index in [2.05, 4.69) is 25.8 Å². The smallest absolute Gasteiger partial charge is 0.338 e. The van der Waals surface area contributed by atoms with Gasteiger partial charge in [0, 0.05) is 23.8 Å². The Morgan fingerprint density at radius 1 is 1.19 bits per heavy atom. The van der Waals surface area contributed by atoms with Gasteiger partial charge in [-0.2, -0.15) is 0 Å². The normalized spacial score (nSPS) is 15.9. The molecule has 0 radical (unpaired) electrons. The predicted octanol–water partition coefficient (Wildman–Crippen LogP) is 3.10. The van der Waals surface area contributed by atoms with Crippen molar-refractivity contribution < 1.29 is 18.7 Å². The maximum absolute atomic E-state index is 12.8. The van der Waals surface area contributed by atoms with E-state index in [0.717, 1.165) is 5.56 Å². The van der Waals surface area contributed by atoms with E-state index in [9.17, 15) is 9.59 Å². The summed E-state index contributed by atoms with van der Waals surface area (Å²) < 4.78 is 10.9. The van der Waals surface area contributed by atoms with Gasteiger partial charge in [-0.05, 0) is 24.6 Å². The second kappa shape index (κ2) is 9.43. The van der Waals surface area contributed by atoms with Crippen LogP contribution in [0.3, 0.4) is 0 Å². The number of esters is 1. The summed E-state index contributed by atoms with van der Waals surface area (Å²) in [5, 5.41) is 13.9. The van der Waals surface area contributed by atoms with Crippen molar-refractivity contribution >= 4 is 23.8 Å². The number of rotatable bonds is 7. The standard InChI is InChI=1S/C21H19N5O4S/c1-2-29-19(27)16-15(23-20(28)24-17(16)13-7-4-3-5-8-13)12-31-21-26-25-18(30-21)14-9-6-10-22-11-14/h3-11,17H,2,12H2,1H3,(H2,23,24,28)/t17-/m0/s1. The lowest BCUT2D eigenvalue weighted by Gasteiger charge is -2.29. The highest BCUT2D eigenvalue weighted by Gasteiger charge is 2.33. The van der Waals surface area contributed by atoms with E-state index in [4.69, 9.17) is 9.15 Å². The van der Waals surface area contributed by atoms with E-state index < -0.39 is 18.0 Å². The Bertz CT molecular complexity index is 1100. The van der Waals surface area contributed by atoms with Gasteiger partial charge in [0.25, 0.3) is 5.22 Å². The first-order chi connectivity index (χ1) is 15.2. The number of carbonyl (C=O) groups is 2. The molecule has 0 saturated carbocycles. The highest BCUT2D eigenvalue weighted by Crippen LogP contribution is 2.31. The fourth-order valence-corrected chi connectivity index (χ4v) is 3.82. The van der Waals surface area contributed by atoms with Crippen molar-refractivity contribution in [2.75, 3.05) is 12.4 Å². The molecule has 158 valence electrons. The zero-order valence-electron chi connectivity index (χ0n) is 16.6. The van der Waals surface area contributed by atoms with Crippen molar-refractivity contribution in [3.8, 4) is 11.5 Å². The number of aromatic nitrogens is 3. The zero-order valence-corrected chi connectivity index (χ0v) is 17.4. The van der Waals surface area contributed by atoms with Crippen molar-refractivity contribution in [1.82, 2.24) is 25.8 Å². The SMILES string of the molecule is CCOC(=O)C1=C(CSc2nnc(-c3cccnc3)o2)NC(=O)N[C@H]1c1ccccc1. The maximum Gasteiger partial charge on any atom is 0.338 e. The molecule has 2 aromatic heterocycles. The number of amides is 2. The average molecular weight is 437 g/mol. The number of pyridine rings is 1. The second-order valence-corrected chi connectivity index (χ2v) is 7.38. The third-order valence-electron chi connectivity index (χ3n) is 4.44. The van der Waals surface area contributed by atoms with Crippen LogP contribution in [0.2, 0.25) is 0 Å². The van der Waals surface area contributed by atoms with Crippen molar-refractivity contribution in [3.05, 3.63) is 71.7 Å². The van der Waals surface area contributed by atoms with Gasteiger partial charge in [0.05, 0.1) is 23.8 Å². The Balaban J connectivity index is 1.61. The molecule has 1 aromatic carbocycles. The first kappa shape index (κ1) is 20.6. The Labute approximate surface area is 182 Å². The highest BCUT2D eigenvalue weighted by molar-refractivity contribution is 7.99. The molecule has 0 fully saturated rings. The number of hydrogen-bond acceptors (Lipinski definition) is 8. The largest absolute Gasteiger partial charge is 0.463 e. The molecule has 1 aliphatic rings. The first-order valence-corrected chi connectivity index (χ1v) is 10.5. The van der Waals surface area contributed by atoms with Crippen LogP contribution in [0.25, 0.3) is 11.5 Å². The fourth-order valence-electron chi connectivity index (χ4n) is 3.09. The maximum atomic E-state index is 12.8. The van der Waals surface area contributed by atoms with Gasteiger partial charge in [-0.25, -0.2) is 9.59 Å². The highest BCUT2D eigenvalue weighted by atomic mass is 32.2. The topological polar surface area (TPSA) is 119 Å². The fraction of sp³-hybridized carbons (Fsp3) is 0.190. The van der Waals surface area contributed by atoms with E-state index in [1.54, 1.807) is 25.4 Å². The third-order valence-corrected chi connectivity index (χ3v) is 5.28. The quantitative estimate of drug-likeness (QED) is 0.427. The molecule has 9 nitrogen and oxygen atoms in total. The summed E-state index contributed by atoms with van der Waals surface area (Å²) in [6.07, 6.45) is 3.28. The monoisotopic (exact) mass is 437 g/mol. The van der Waals surface area contributed by atoms with Gasteiger partial charge >= 0.3 is 12.0 Å². The molecule has 0 spiro atoms. The van der Waals surface area contributed by atoms with Crippen molar-refractivity contribution in [3.63, 3.8) is 0 Å². The first-order valence-electron chi connectivity index (χ1n) is 9.55. The number of benzene rings is 1. The number of nitrogens with zero attached hydrogens (tertiary/aromatic N) is 3. The third kappa shape index (κ3) is 4.75. The van der Waals surface area contributed by atoms with Crippen LogP contribution in [0.5, 0.6) is 0 Å². The van der Waals surface area contributed by atoms with Gasteiger partial charge in [-0.1, -0.05) is 42.1 Å². The average Bonchev–Trinajstić information content (AvgIpc) is 3.28. The number of carbonyl (C=O) groups excluding carboxylic acids is 2. The van der Waals surface area contributed by atoms with Crippen LogP contribution in [-0.2, 0) is 9.53 Å². The Hall–Kier alpha value is -3.66. The van der Waals surface area contributed by atoms with Crippen LogP contribution in [0.15, 0.2) is 75.8 Å². The molecule has 3 heterocycles. The number of ether oxygens (including phenoxy) is 1. The van der Waals surface area contributed by atoms with Gasteiger partial charge in [0.1, 0.15) is 0 Å². The van der Waals surface area contributed by atoms with Gasteiger partial charge in [0.2, 0.25) is 5.89 Å². The van der Waals surface area contributed by atoms with Crippen molar-refractivity contribution in [1.29, 1.82) is 0 Å². The number of urea groups is 1. The molecule has 10 heteroatoms. The van der Waals surface area contributed by atoms with Gasteiger partial charge < -0.3 is 19.8 Å². The lowest BCUT2D eigenvalue weighted by molar-refractivity contribution is -0.139. The molecule has 1 aliphatic heterocycles. The Morgan fingerprint density at radius 2 is 2.03 bits per heavy atom. The minimum atomic E-state index is -0.627. The van der Waals surface area contributed by atoms with Crippen LogP contribution in [0.4, 0.5) is 4.79 Å². The Morgan fingerprint density at radius 3 is 2.77 bits per heavy atom.